The molecule has 4 aliphatic rings. The lowest BCUT2D eigenvalue weighted by molar-refractivity contribution is 0.794. The second kappa shape index (κ2) is 16.7. The minimum atomic E-state index is -0.507. The van der Waals surface area contributed by atoms with Crippen LogP contribution < -0.4 is 26.2 Å². The van der Waals surface area contributed by atoms with Gasteiger partial charge in [-0.2, -0.15) is 0 Å². The number of nitrogens with zero attached hydrogens (tertiary/aromatic N) is 2. The highest BCUT2D eigenvalue weighted by atomic mass is 15.2. The number of hydrogen-bond acceptors (Lipinski definition) is 2. The SMILES string of the molecule is c1ccc(-c2ccc(N3c4ccc(-c5ccccc5)cc4B4c5cc6c(cc5N(c5ccc(-c7ccccc7)cc5)c5cc(-c7ccccc7)cc3c54)-c3ccccc3C63c4ccccc4-c4ccccc43)cc2)cc1. The van der Waals surface area contributed by atoms with Gasteiger partial charge in [0.05, 0.1) is 5.41 Å². The molecule has 16 rings (SSSR count). The predicted octanol–water partition coefficient (Wildman–Crippen LogP) is 16.8. The minimum absolute atomic E-state index is 0.124. The normalized spacial score (nSPS) is 13.6. The van der Waals surface area contributed by atoms with Gasteiger partial charge < -0.3 is 9.80 Å². The van der Waals surface area contributed by atoms with Crippen LogP contribution in [-0.4, -0.2) is 6.71 Å². The fourth-order valence-electron chi connectivity index (χ4n) is 13.6. The third-order valence-corrected chi connectivity index (χ3v) is 16.9. The molecule has 76 heavy (non-hydrogen) atoms. The van der Waals surface area contributed by atoms with E-state index in [-0.39, 0.29) is 6.71 Å². The van der Waals surface area contributed by atoms with Gasteiger partial charge in [0.1, 0.15) is 0 Å². The Labute approximate surface area is 444 Å². The van der Waals surface area contributed by atoms with Crippen molar-refractivity contribution >= 4 is 57.2 Å². The molecule has 2 nitrogen and oxygen atoms in total. The van der Waals surface area contributed by atoms with Crippen LogP contribution in [0.5, 0.6) is 0 Å². The molecule has 12 aromatic carbocycles. The number of benzene rings is 12. The Balaban J connectivity index is 1.03. The molecule has 0 atom stereocenters. The zero-order valence-electron chi connectivity index (χ0n) is 41.6. The standard InChI is InChI=1S/C73H47BN2/c1-5-19-48(20-6-1)52-33-38-56(39-34-52)75-68-42-37-54(50-23-9-3-10-24-50)43-66(68)74-67-47-65-61(60-29-15-18-32-64(60)73(65)62-30-16-13-27-58(62)59-28-14-17-31-63(59)73)46-69(67)76(57-40-35-53(36-41-57)49-21-7-2-8-22-49)71-45-55(44-70(75)72(71)74)51-25-11-4-12-26-51/h1-47H. The Kier molecular flexibility index (Phi) is 9.38. The molecular weight excluding hydrogens is 916 g/mol. The van der Waals surface area contributed by atoms with Crippen LogP contribution >= 0.6 is 0 Å². The minimum Gasteiger partial charge on any atom is -0.311 e. The molecule has 0 radical (unpaired) electrons. The van der Waals surface area contributed by atoms with Crippen LogP contribution in [0.1, 0.15) is 22.3 Å². The molecule has 352 valence electrons. The van der Waals surface area contributed by atoms with Gasteiger partial charge in [0.25, 0.3) is 6.71 Å². The summed E-state index contributed by atoms with van der Waals surface area (Å²) in [7, 11) is 0. The maximum absolute atomic E-state index is 2.65. The van der Waals surface area contributed by atoms with Gasteiger partial charge in [0, 0.05) is 34.1 Å². The molecule has 0 saturated heterocycles. The second-order valence-corrected chi connectivity index (χ2v) is 20.7. The third kappa shape index (κ3) is 6.17. The first-order valence-electron chi connectivity index (χ1n) is 26.5. The quantitative estimate of drug-likeness (QED) is 0.153. The molecule has 1 spiro atoms. The van der Waals surface area contributed by atoms with Crippen molar-refractivity contribution in [2.45, 2.75) is 5.41 Å². The van der Waals surface area contributed by atoms with Crippen LogP contribution in [0.25, 0.3) is 66.8 Å². The molecule has 2 aliphatic heterocycles. The van der Waals surface area contributed by atoms with Crippen LogP contribution in [0.4, 0.5) is 34.1 Å². The van der Waals surface area contributed by atoms with Crippen molar-refractivity contribution in [2.75, 3.05) is 9.80 Å². The van der Waals surface area contributed by atoms with E-state index in [1.165, 1.54) is 128 Å². The fraction of sp³-hybridized carbons (Fsp3) is 0.0137. The van der Waals surface area contributed by atoms with E-state index in [4.69, 9.17) is 0 Å². The van der Waals surface area contributed by atoms with Crippen LogP contribution in [0, 0.1) is 0 Å². The highest BCUT2D eigenvalue weighted by molar-refractivity contribution is 7.00. The molecule has 0 bridgehead atoms. The van der Waals surface area contributed by atoms with Crippen molar-refractivity contribution in [2.24, 2.45) is 0 Å². The van der Waals surface area contributed by atoms with Gasteiger partial charge in [-0.1, -0.05) is 237 Å². The summed E-state index contributed by atoms with van der Waals surface area (Å²) in [5, 5.41) is 0. The second-order valence-electron chi connectivity index (χ2n) is 20.7. The van der Waals surface area contributed by atoms with Crippen molar-refractivity contribution in [3.63, 3.8) is 0 Å². The molecule has 0 N–H and O–H groups in total. The predicted molar refractivity (Wildman–Crippen MR) is 319 cm³/mol. The lowest BCUT2D eigenvalue weighted by Crippen LogP contribution is -2.61. The zero-order chi connectivity index (χ0) is 49.9. The summed E-state index contributed by atoms with van der Waals surface area (Å²) >= 11 is 0. The lowest BCUT2D eigenvalue weighted by atomic mass is 9.33. The Morgan fingerprint density at radius 1 is 0.237 bits per heavy atom. The fourth-order valence-corrected chi connectivity index (χ4v) is 13.6. The van der Waals surface area contributed by atoms with Gasteiger partial charge in [-0.05, 0) is 154 Å². The van der Waals surface area contributed by atoms with E-state index in [1.807, 2.05) is 0 Å². The molecule has 0 aromatic heterocycles. The van der Waals surface area contributed by atoms with E-state index >= 15 is 0 Å². The van der Waals surface area contributed by atoms with Crippen molar-refractivity contribution in [3.05, 3.63) is 307 Å². The molecule has 0 amide bonds. The summed E-state index contributed by atoms with van der Waals surface area (Å²) in [5.74, 6) is 0. The Hall–Kier alpha value is -9.70. The molecule has 12 aromatic rings. The van der Waals surface area contributed by atoms with Gasteiger partial charge >= 0.3 is 0 Å². The zero-order valence-corrected chi connectivity index (χ0v) is 41.6. The lowest BCUT2D eigenvalue weighted by Gasteiger charge is -2.45. The van der Waals surface area contributed by atoms with Crippen molar-refractivity contribution in [1.82, 2.24) is 0 Å². The van der Waals surface area contributed by atoms with Crippen molar-refractivity contribution in [1.29, 1.82) is 0 Å². The first-order valence-corrected chi connectivity index (χ1v) is 26.5. The van der Waals surface area contributed by atoms with Crippen LogP contribution in [0.3, 0.4) is 0 Å². The monoisotopic (exact) mass is 962 g/mol. The molecule has 0 saturated carbocycles. The van der Waals surface area contributed by atoms with Crippen LogP contribution in [0.15, 0.2) is 285 Å². The van der Waals surface area contributed by atoms with Gasteiger partial charge in [0.2, 0.25) is 0 Å². The summed E-state index contributed by atoms with van der Waals surface area (Å²) in [4.78, 5) is 5.15. The van der Waals surface area contributed by atoms with E-state index in [0.717, 1.165) is 11.4 Å². The molecule has 2 aliphatic carbocycles. The molecular formula is C73H47BN2. The third-order valence-electron chi connectivity index (χ3n) is 16.9. The topological polar surface area (TPSA) is 6.48 Å². The highest BCUT2D eigenvalue weighted by Gasteiger charge is 2.53. The van der Waals surface area contributed by atoms with Gasteiger partial charge in [-0.25, -0.2) is 0 Å². The van der Waals surface area contributed by atoms with Gasteiger partial charge in [-0.3, -0.25) is 0 Å². The number of hydrogen-bond donors (Lipinski definition) is 0. The summed E-state index contributed by atoms with van der Waals surface area (Å²) < 4.78 is 0. The number of anilines is 6. The molecule has 3 heteroatoms. The average Bonchev–Trinajstić information content (AvgIpc) is 4.17. The average molecular weight is 963 g/mol. The maximum atomic E-state index is 2.65. The van der Waals surface area contributed by atoms with Crippen LogP contribution in [-0.2, 0) is 5.41 Å². The van der Waals surface area contributed by atoms with E-state index in [2.05, 4.69) is 295 Å². The van der Waals surface area contributed by atoms with E-state index < -0.39 is 5.41 Å². The largest absolute Gasteiger partial charge is 0.311 e. The summed E-state index contributed by atoms with van der Waals surface area (Å²) in [6.07, 6.45) is 0. The summed E-state index contributed by atoms with van der Waals surface area (Å²) in [6.45, 7) is -0.124. The molecule has 0 unspecified atom stereocenters. The van der Waals surface area contributed by atoms with Crippen molar-refractivity contribution in [3.8, 4) is 66.8 Å². The summed E-state index contributed by atoms with van der Waals surface area (Å²) in [6, 6.07) is 107. The van der Waals surface area contributed by atoms with E-state index in [9.17, 15) is 0 Å². The maximum Gasteiger partial charge on any atom is 0.252 e. The first-order chi connectivity index (χ1) is 37.7. The van der Waals surface area contributed by atoms with E-state index in [1.54, 1.807) is 0 Å². The first kappa shape index (κ1) is 42.8. The van der Waals surface area contributed by atoms with E-state index in [0.29, 0.717) is 0 Å². The highest BCUT2D eigenvalue weighted by Crippen LogP contribution is 2.63. The Morgan fingerprint density at radius 2 is 0.605 bits per heavy atom. The van der Waals surface area contributed by atoms with Crippen molar-refractivity contribution < 1.29 is 0 Å². The van der Waals surface area contributed by atoms with Gasteiger partial charge in [0.15, 0.2) is 0 Å². The number of rotatable bonds is 6. The molecule has 0 fully saturated rings. The Morgan fingerprint density at radius 3 is 1.09 bits per heavy atom. The number of fused-ring (bicyclic) bond motifs is 14. The van der Waals surface area contributed by atoms with Crippen LogP contribution in [0.2, 0.25) is 0 Å². The van der Waals surface area contributed by atoms with Gasteiger partial charge in [-0.15, -0.1) is 0 Å². The Bertz CT molecular complexity index is 4220. The molecule has 2 heterocycles. The summed E-state index contributed by atoms with van der Waals surface area (Å²) in [5.41, 5.74) is 30.4. The smallest absolute Gasteiger partial charge is 0.252 e.